The van der Waals surface area contributed by atoms with E-state index in [0.717, 1.165) is 11.8 Å². The smallest absolute Gasteiger partial charge is 0.00302 e. The molecule has 1 saturated heterocycles. The van der Waals surface area contributed by atoms with Crippen LogP contribution in [0.2, 0.25) is 0 Å². The molecule has 1 saturated carbocycles. The Morgan fingerprint density at radius 2 is 1.79 bits per heavy atom. The summed E-state index contributed by atoms with van der Waals surface area (Å²) in [5, 5.41) is 0. The number of hydrogen-bond acceptors (Lipinski definition) is 1. The van der Waals surface area contributed by atoms with Gasteiger partial charge in [-0.25, -0.2) is 0 Å². The molecule has 1 heterocycles. The second-order valence-corrected chi connectivity index (χ2v) is 6.54. The standard InChI is InChI=1S/C13H25N/c1-13(2,3)10-14-8-4-5-12(9-14)11-6-7-11/h11-12H,4-10H2,1-3H3. The summed E-state index contributed by atoms with van der Waals surface area (Å²) < 4.78 is 0. The van der Waals surface area contributed by atoms with E-state index in [2.05, 4.69) is 25.7 Å². The Balaban J connectivity index is 1.81. The normalized spacial score (nSPS) is 30.6. The third-order valence-corrected chi connectivity index (χ3v) is 3.53. The molecule has 0 spiro atoms. The van der Waals surface area contributed by atoms with Gasteiger partial charge in [-0.3, -0.25) is 0 Å². The van der Waals surface area contributed by atoms with Gasteiger partial charge in [-0.1, -0.05) is 20.8 Å². The zero-order valence-electron chi connectivity index (χ0n) is 10.1. The van der Waals surface area contributed by atoms with Crippen LogP contribution in [0.1, 0.15) is 46.5 Å². The van der Waals surface area contributed by atoms with E-state index < -0.39 is 0 Å². The van der Waals surface area contributed by atoms with Crippen LogP contribution in [0.15, 0.2) is 0 Å². The highest BCUT2D eigenvalue weighted by Gasteiger charge is 2.34. The summed E-state index contributed by atoms with van der Waals surface area (Å²) in [6.45, 7) is 11.1. The number of rotatable bonds is 2. The number of piperidine rings is 1. The lowest BCUT2D eigenvalue weighted by Crippen LogP contribution is -2.40. The van der Waals surface area contributed by atoms with Crippen molar-refractivity contribution < 1.29 is 0 Å². The molecule has 1 aliphatic carbocycles. The van der Waals surface area contributed by atoms with Crippen LogP contribution in [0.5, 0.6) is 0 Å². The van der Waals surface area contributed by atoms with Gasteiger partial charge in [0.1, 0.15) is 0 Å². The second kappa shape index (κ2) is 3.84. The van der Waals surface area contributed by atoms with E-state index in [1.54, 1.807) is 0 Å². The quantitative estimate of drug-likeness (QED) is 0.654. The Kier molecular flexibility index (Phi) is 2.88. The molecule has 0 radical (unpaired) electrons. The Morgan fingerprint density at radius 1 is 1.07 bits per heavy atom. The van der Waals surface area contributed by atoms with Gasteiger partial charge in [0.05, 0.1) is 0 Å². The van der Waals surface area contributed by atoms with Crippen LogP contribution in [0.4, 0.5) is 0 Å². The molecule has 2 rings (SSSR count). The molecule has 1 unspecified atom stereocenters. The molecule has 0 aromatic rings. The van der Waals surface area contributed by atoms with Crippen LogP contribution in [-0.4, -0.2) is 24.5 Å². The van der Waals surface area contributed by atoms with E-state index in [1.807, 2.05) is 0 Å². The summed E-state index contributed by atoms with van der Waals surface area (Å²) in [7, 11) is 0. The SMILES string of the molecule is CC(C)(C)CN1CCCC(C2CC2)C1. The number of likely N-dealkylation sites (tertiary alicyclic amines) is 1. The Hall–Kier alpha value is -0.0400. The van der Waals surface area contributed by atoms with Crippen molar-refractivity contribution in [3.8, 4) is 0 Å². The maximum Gasteiger partial charge on any atom is 0.00302 e. The predicted molar refractivity (Wildman–Crippen MR) is 61.3 cm³/mol. The van der Waals surface area contributed by atoms with Crippen LogP contribution in [-0.2, 0) is 0 Å². The molecule has 1 nitrogen and oxygen atoms in total. The first-order valence-electron chi connectivity index (χ1n) is 6.27. The highest BCUT2D eigenvalue weighted by Crippen LogP contribution is 2.41. The predicted octanol–water partition coefficient (Wildman–Crippen LogP) is 3.15. The molecule has 0 aromatic carbocycles. The van der Waals surface area contributed by atoms with Crippen molar-refractivity contribution in [3.63, 3.8) is 0 Å². The van der Waals surface area contributed by atoms with Gasteiger partial charge in [-0.2, -0.15) is 0 Å². The van der Waals surface area contributed by atoms with E-state index in [9.17, 15) is 0 Å². The molecule has 82 valence electrons. The van der Waals surface area contributed by atoms with E-state index >= 15 is 0 Å². The van der Waals surface area contributed by atoms with Gasteiger partial charge in [-0.05, 0) is 49.5 Å². The highest BCUT2D eigenvalue weighted by atomic mass is 15.1. The monoisotopic (exact) mass is 195 g/mol. The lowest BCUT2D eigenvalue weighted by atomic mass is 9.90. The zero-order chi connectivity index (χ0) is 10.2. The highest BCUT2D eigenvalue weighted by molar-refractivity contribution is 4.86. The summed E-state index contributed by atoms with van der Waals surface area (Å²) in [5.41, 5.74) is 0.478. The van der Waals surface area contributed by atoms with Crippen molar-refractivity contribution in [2.45, 2.75) is 46.5 Å². The fraction of sp³-hybridized carbons (Fsp3) is 1.00. The zero-order valence-corrected chi connectivity index (χ0v) is 10.1. The van der Waals surface area contributed by atoms with Gasteiger partial charge < -0.3 is 4.90 Å². The van der Waals surface area contributed by atoms with Crippen molar-refractivity contribution in [1.29, 1.82) is 0 Å². The number of nitrogens with zero attached hydrogens (tertiary/aromatic N) is 1. The molecule has 0 amide bonds. The average Bonchev–Trinajstić information content (AvgIpc) is 2.83. The van der Waals surface area contributed by atoms with E-state index in [4.69, 9.17) is 0 Å². The van der Waals surface area contributed by atoms with Gasteiger partial charge in [0.25, 0.3) is 0 Å². The molecule has 2 aliphatic rings. The van der Waals surface area contributed by atoms with Crippen molar-refractivity contribution in [2.75, 3.05) is 19.6 Å². The first kappa shape index (κ1) is 10.5. The third kappa shape index (κ3) is 2.98. The van der Waals surface area contributed by atoms with Crippen LogP contribution in [0, 0.1) is 17.3 Å². The Labute approximate surface area is 88.9 Å². The lowest BCUT2D eigenvalue weighted by Gasteiger charge is -2.36. The Bertz CT molecular complexity index is 188. The molecule has 0 N–H and O–H groups in total. The van der Waals surface area contributed by atoms with Gasteiger partial charge in [0, 0.05) is 13.1 Å². The van der Waals surface area contributed by atoms with Crippen LogP contribution < -0.4 is 0 Å². The van der Waals surface area contributed by atoms with E-state index in [1.165, 1.54) is 45.3 Å². The molecule has 0 bridgehead atoms. The van der Waals surface area contributed by atoms with Crippen LogP contribution in [0.25, 0.3) is 0 Å². The molecule has 1 heteroatoms. The molecule has 2 fully saturated rings. The molecule has 14 heavy (non-hydrogen) atoms. The van der Waals surface area contributed by atoms with Gasteiger partial charge in [0.2, 0.25) is 0 Å². The largest absolute Gasteiger partial charge is 0.303 e. The molecular weight excluding hydrogens is 170 g/mol. The van der Waals surface area contributed by atoms with Crippen molar-refractivity contribution in [1.82, 2.24) is 4.90 Å². The summed E-state index contributed by atoms with van der Waals surface area (Å²) >= 11 is 0. The second-order valence-electron chi connectivity index (χ2n) is 6.54. The van der Waals surface area contributed by atoms with Crippen molar-refractivity contribution in [2.24, 2.45) is 17.3 Å². The van der Waals surface area contributed by atoms with Crippen molar-refractivity contribution >= 4 is 0 Å². The van der Waals surface area contributed by atoms with Crippen LogP contribution >= 0.6 is 0 Å². The number of hydrogen-bond donors (Lipinski definition) is 0. The molecule has 0 aromatic heterocycles. The van der Waals surface area contributed by atoms with Crippen molar-refractivity contribution in [3.05, 3.63) is 0 Å². The van der Waals surface area contributed by atoms with Gasteiger partial charge in [-0.15, -0.1) is 0 Å². The Morgan fingerprint density at radius 3 is 2.36 bits per heavy atom. The average molecular weight is 195 g/mol. The van der Waals surface area contributed by atoms with E-state index in [0.29, 0.717) is 5.41 Å². The maximum atomic E-state index is 2.70. The first-order chi connectivity index (χ1) is 6.54. The molecular formula is C13H25N. The molecule has 1 aliphatic heterocycles. The minimum absolute atomic E-state index is 0.478. The lowest BCUT2D eigenvalue weighted by molar-refractivity contribution is 0.119. The minimum atomic E-state index is 0.478. The minimum Gasteiger partial charge on any atom is -0.303 e. The summed E-state index contributed by atoms with van der Waals surface area (Å²) in [5.74, 6) is 2.16. The maximum absolute atomic E-state index is 2.70. The summed E-state index contributed by atoms with van der Waals surface area (Å²) in [6, 6.07) is 0. The molecule has 1 atom stereocenters. The first-order valence-corrected chi connectivity index (χ1v) is 6.27. The van der Waals surface area contributed by atoms with Gasteiger partial charge in [0.15, 0.2) is 0 Å². The third-order valence-electron chi connectivity index (χ3n) is 3.53. The van der Waals surface area contributed by atoms with E-state index in [-0.39, 0.29) is 0 Å². The fourth-order valence-electron chi connectivity index (χ4n) is 2.86. The summed E-state index contributed by atoms with van der Waals surface area (Å²) in [4.78, 5) is 2.70. The fourth-order valence-corrected chi connectivity index (χ4v) is 2.86. The van der Waals surface area contributed by atoms with Crippen LogP contribution in [0.3, 0.4) is 0 Å². The summed E-state index contributed by atoms with van der Waals surface area (Å²) in [6.07, 6.45) is 5.99. The van der Waals surface area contributed by atoms with Gasteiger partial charge >= 0.3 is 0 Å². The topological polar surface area (TPSA) is 3.24 Å².